The van der Waals surface area contributed by atoms with Crippen LogP contribution in [0.4, 0.5) is 0 Å². The van der Waals surface area contributed by atoms with Gasteiger partial charge in [0.05, 0.1) is 47.3 Å². The molecule has 4 aromatic rings. The number of nitrogens with zero attached hydrogens (tertiary/aromatic N) is 1. The second kappa shape index (κ2) is 8.92. The Kier molecular flexibility index (Phi) is 6.23. The van der Waals surface area contributed by atoms with Crippen LogP contribution in [0.3, 0.4) is 0 Å². The normalized spacial score (nSPS) is 16.8. The van der Waals surface area contributed by atoms with Crippen LogP contribution < -0.4 is 39.4 Å². The van der Waals surface area contributed by atoms with Crippen molar-refractivity contribution < 1.29 is 48.9 Å². The van der Waals surface area contributed by atoms with Crippen LogP contribution >= 0.6 is 11.3 Å². The monoisotopic (exact) mass is 481 g/mol. The summed E-state index contributed by atoms with van der Waals surface area (Å²) in [7, 11) is 0. The maximum atomic E-state index is 12.3. The van der Waals surface area contributed by atoms with E-state index in [2.05, 4.69) is 19.1 Å². The van der Waals surface area contributed by atoms with Crippen molar-refractivity contribution >= 4 is 38.3 Å². The van der Waals surface area contributed by atoms with Crippen LogP contribution in [-0.4, -0.2) is 30.8 Å². The van der Waals surface area contributed by atoms with Gasteiger partial charge in [-0.25, -0.2) is 4.98 Å². The van der Waals surface area contributed by atoms with E-state index < -0.39 is 5.97 Å². The summed E-state index contributed by atoms with van der Waals surface area (Å²) in [4.78, 5) is 18.2. The molecule has 168 valence electrons. The first kappa shape index (κ1) is 23.8. The first-order valence-corrected chi connectivity index (χ1v) is 12.1. The molecule has 34 heavy (non-hydrogen) atoms. The molecule has 0 amide bonds. The molecule has 0 bridgehead atoms. The van der Waals surface area contributed by atoms with E-state index in [1.54, 1.807) is 17.4 Å². The molecule has 0 atom stereocenters. The molecule has 2 aromatic heterocycles. The molecule has 2 fully saturated rings. The molecule has 1 saturated carbocycles. The van der Waals surface area contributed by atoms with E-state index in [9.17, 15) is 9.90 Å². The zero-order chi connectivity index (χ0) is 22.7. The number of aromatic carboxylic acids is 1. The number of carboxylic acid groups (broad SMARTS) is 1. The number of carbonyl (C=O) groups is 1. The summed E-state index contributed by atoms with van der Waals surface area (Å²) in [5, 5.41) is 13.9. The molecular weight excluding hydrogens is 457 g/mol. The third-order valence-electron chi connectivity index (χ3n) is 7.15. The van der Waals surface area contributed by atoms with Gasteiger partial charge in [-0.3, -0.25) is 0 Å². The van der Waals surface area contributed by atoms with Gasteiger partial charge < -0.3 is 19.4 Å². The van der Waals surface area contributed by atoms with Crippen molar-refractivity contribution in [2.24, 2.45) is 11.3 Å². The maximum Gasteiger partial charge on any atom is 1.00 e. The molecule has 2 aliphatic rings. The second-order valence-corrected chi connectivity index (χ2v) is 10.6. The van der Waals surface area contributed by atoms with E-state index in [0.717, 1.165) is 46.8 Å². The average molecular weight is 482 g/mol. The molecule has 7 heteroatoms. The molecule has 1 aliphatic carbocycles. The van der Waals surface area contributed by atoms with Crippen LogP contribution in [0, 0.1) is 25.2 Å². The third-order valence-corrected chi connectivity index (χ3v) is 8.45. The van der Waals surface area contributed by atoms with E-state index in [-0.39, 0.29) is 35.1 Å². The van der Waals surface area contributed by atoms with Gasteiger partial charge in [0.2, 0.25) is 0 Å². The van der Waals surface area contributed by atoms with Crippen LogP contribution in [0.1, 0.15) is 34.3 Å². The Balaban J connectivity index is 0.00000241. The van der Waals surface area contributed by atoms with E-state index in [1.165, 1.54) is 5.39 Å². The van der Waals surface area contributed by atoms with Gasteiger partial charge in [-0.1, -0.05) is 24.3 Å². The minimum Gasteiger partial charge on any atom is -0.545 e. The van der Waals surface area contributed by atoms with Crippen molar-refractivity contribution in [3.8, 4) is 16.3 Å². The summed E-state index contributed by atoms with van der Waals surface area (Å²) in [5.74, 6) is -0.176. The number of carboxylic acids is 1. The fourth-order valence-electron chi connectivity index (χ4n) is 5.38. The molecule has 0 radical (unpaired) electrons. The average Bonchev–Trinajstić information content (AvgIpc) is 3.09. The molecule has 1 saturated heterocycles. The number of hydrogen-bond acceptors (Lipinski definition) is 6. The summed E-state index contributed by atoms with van der Waals surface area (Å²) in [6.45, 7) is 6.30. The molecule has 0 unspecified atom stereocenters. The zero-order valence-corrected chi connectivity index (χ0v) is 22.5. The number of carbonyl (C=O) groups excluding carboxylic acids is 1. The van der Waals surface area contributed by atoms with Crippen LogP contribution in [-0.2, 0) is 4.74 Å². The number of hydrogen-bond donors (Lipinski definition) is 0. The number of rotatable bonds is 5. The van der Waals surface area contributed by atoms with Crippen LogP contribution in [0.15, 0.2) is 42.5 Å². The molecule has 6 rings (SSSR count). The SMILES string of the molecule is Cc1c(-c2cc(C(=O)[O-])c3c(OCC4CC5(COC5)C4)ccc(C)c3n2)sc2ccccc12.[Na+]. The topological polar surface area (TPSA) is 71.5 Å². The van der Waals surface area contributed by atoms with Gasteiger partial charge >= 0.3 is 29.6 Å². The van der Waals surface area contributed by atoms with Crippen molar-refractivity contribution in [2.45, 2.75) is 26.7 Å². The van der Waals surface area contributed by atoms with Gasteiger partial charge in [0.25, 0.3) is 0 Å². The Morgan fingerprint density at radius 3 is 2.65 bits per heavy atom. The number of fused-ring (bicyclic) bond motifs is 2. The summed E-state index contributed by atoms with van der Waals surface area (Å²) < 4.78 is 12.7. The van der Waals surface area contributed by atoms with Gasteiger partial charge in [0, 0.05) is 15.7 Å². The molecule has 5 nitrogen and oxygen atoms in total. The quantitative estimate of drug-likeness (QED) is 0.408. The first-order chi connectivity index (χ1) is 15.9. The van der Waals surface area contributed by atoms with Gasteiger partial charge in [-0.2, -0.15) is 0 Å². The molecule has 1 aliphatic heterocycles. The number of thiophene rings is 1. The molecule has 1 spiro atoms. The molecule has 0 N–H and O–H groups in total. The van der Waals surface area contributed by atoms with Crippen LogP contribution in [0.2, 0.25) is 0 Å². The minimum atomic E-state index is -1.22. The smallest absolute Gasteiger partial charge is 0.545 e. The van der Waals surface area contributed by atoms with E-state index in [0.29, 0.717) is 40.3 Å². The van der Waals surface area contributed by atoms with Gasteiger partial charge in [0.15, 0.2) is 0 Å². The molecular formula is C27H24NNaO4S. The van der Waals surface area contributed by atoms with Crippen LogP contribution in [0.25, 0.3) is 31.6 Å². The van der Waals surface area contributed by atoms with Crippen molar-refractivity contribution in [3.05, 3.63) is 59.2 Å². The van der Waals surface area contributed by atoms with E-state index in [4.69, 9.17) is 14.5 Å². The summed E-state index contributed by atoms with van der Waals surface area (Å²) in [5.41, 5.74) is 3.83. The number of pyridine rings is 1. The fourth-order valence-corrected chi connectivity index (χ4v) is 6.55. The predicted molar refractivity (Wildman–Crippen MR) is 128 cm³/mol. The fraction of sp³-hybridized carbons (Fsp3) is 0.333. The molecule has 2 aromatic carbocycles. The van der Waals surface area contributed by atoms with Gasteiger partial charge in [-0.05, 0) is 67.3 Å². The van der Waals surface area contributed by atoms with E-state index >= 15 is 0 Å². The zero-order valence-electron chi connectivity index (χ0n) is 19.6. The Morgan fingerprint density at radius 1 is 1.21 bits per heavy atom. The van der Waals surface area contributed by atoms with Gasteiger partial charge in [-0.15, -0.1) is 11.3 Å². The van der Waals surface area contributed by atoms with E-state index in [1.807, 2.05) is 31.2 Å². The van der Waals surface area contributed by atoms with Crippen molar-refractivity contribution in [1.82, 2.24) is 4.98 Å². The Hall–Kier alpha value is -1.96. The van der Waals surface area contributed by atoms with Crippen molar-refractivity contribution in [1.29, 1.82) is 0 Å². The predicted octanol–water partition coefficient (Wildman–Crippen LogP) is 1.91. The standard InChI is InChI=1S/C27H25NO4S.Na/c1-15-7-8-21(32-12-17-10-27(11-17)13-31-14-27)23-19(26(29)30)9-20(28-24(15)23)25-16(2)18-5-3-4-6-22(18)33-25;/h3-9,17H,10-14H2,1-2H3,(H,29,30);/q;+1/p-1. The summed E-state index contributed by atoms with van der Waals surface area (Å²) in [6.07, 6.45) is 2.22. The Morgan fingerprint density at radius 2 is 1.97 bits per heavy atom. The van der Waals surface area contributed by atoms with Crippen molar-refractivity contribution in [2.75, 3.05) is 19.8 Å². The Labute approximate surface area is 224 Å². The second-order valence-electron chi connectivity index (χ2n) is 9.58. The maximum absolute atomic E-state index is 12.3. The number of aryl methyl sites for hydroxylation is 2. The minimum absolute atomic E-state index is 0. The number of aromatic nitrogens is 1. The largest absolute Gasteiger partial charge is 1.00 e. The number of ether oxygens (including phenoxy) is 2. The van der Waals surface area contributed by atoms with Crippen LogP contribution in [0.5, 0.6) is 5.75 Å². The summed E-state index contributed by atoms with van der Waals surface area (Å²) >= 11 is 1.63. The van der Waals surface area contributed by atoms with Crippen molar-refractivity contribution in [3.63, 3.8) is 0 Å². The third kappa shape index (κ3) is 3.86. The Bertz CT molecular complexity index is 1420. The number of benzene rings is 2. The summed E-state index contributed by atoms with van der Waals surface area (Å²) in [6, 6.07) is 13.6. The van der Waals surface area contributed by atoms with Gasteiger partial charge in [0.1, 0.15) is 5.75 Å². The first-order valence-electron chi connectivity index (χ1n) is 11.3. The molecule has 3 heterocycles.